The van der Waals surface area contributed by atoms with Crippen LogP contribution in [0.4, 0.5) is 0 Å². The molecule has 19 heavy (non-hydrogen) atoms. The van der Waals surface area contributed by atoms with Crippen LogP contribution in [0.1, 0.15) is 26.3 Å². The summed E-state index contributed by atoms with van der Waals surface area (Å²) in [6.45, 7) is 7.23. The first kappa shape index (κ1) is 16.2. The maximum Gasteiger partial charge on any atom is 0.317 e. The minimum atomic E-state index is -0.761. The third-order valence-electron chi connectivity index (χ3n) is 3.01. The van der Waals surface area contributed by atoms with Gasteiger partial charge in [-0.1, -0.05) is 41.9 Å². The number of nitrogens with zero attached hydrogens (tertiary/aromatic N) is 1. The number of carboxylic acid groups (broad SMARTS) is 1. The molecular formula is C15H22BrNO2. The monoisotopic (exact) mass is 327 g/mol. The molecule has 0 saturated carbocycles. The van der Waals surface area contributed by atoms with E-state index in [0.717, 1.165) is 17.4 Å². The zero-order valence-electron chi connectivity index (χ0n) is 11.8. The van der Waals surface area contributed by atoms with Crippen molar-refractivity contribution in [1.82, 2.24) is 4.90 Å². The highest BCUT2D eigenvalue weighted by Gasteiger charge is 2.18. The molecule has 0 amide bonds. The van der Waals surface area contributed by atoms with Crippen molar-refractivity contribution in [3.63, 3.8) is 0 Å². The van der Waals surface area contributed by atoms with Gasteiger partial charge in [0, 0.05) is 17.1 Å². The van der Waals surface area contributed by atoms with E-state index >= 15 is 0 Å². The summed E-state index contributed by atoms with van der Waals surface area (Å²) in [5, 5.41) is 9.00. The van der Waals surface area contributed by atoms with Crippen molar-refractivity contribution in [1.29, 1.82) is 0 Å². The lowest BCUT2D eigenvalue weighted by Crippen LogP contribution is -2.40. The Balaban J connectivity index is 2.67. The van der Waals surface area contributed by atoms with Gasteiger partial charge in [-0.3, -0.25) is 9.69 Å². The Morgan fingerprint density at radius 2 is 1.84 bits per heavy atom. The fourth-order valence-corrected chi connectivity index (χ4v) is 2.40. The Bertz CT molecular complexity index is 403. The number of hydrogen-bond donors (Lipinski definition) is 1. The SMILES string of the molecule is CC(C)CN(CC(=O)O)C(C)Cc1ccc(Br)cc1. The van der Waals surface area contributed by atoms with Crippen LogP contribution >= 0.6 is 15.9 Å². The molecule has 4 heteroatoms. The Labute approximate surface area is 123 Å². The van der Waals surface area contributed by atoms with Crippen molar-refractivity contribution >= 4 is 21.9 Å². The van der Waals surface area contributed by atoms with Crippen molar-refractivity contribution in [3.8, 4) is 0 Å². The fraction of sp³-hybridized carbons (Fsp3) is 0.533. The van der Waals surface area contributed by atoms with Crippen LogP contribution in [0.3, 0.4) is 0 Å². The van der Waals surface area contributed by atoms with Gasteiger partial charge >= 0.3 is 5.97 Å². The summed E-state index contributed by atoms with van der Waals surface area (Å²) in [6.07, 6.45) is 0.868. The molecule has 0 spiro atoms. The molecule has 3 nitrogen and oxygen atoms in total. The molecule has 1 atom stereocenters. The molecule has 0 heterocycles. The van der Waals surface area contributed by atoms with E-state index in [2.05, 4.69) is 48.8 Å². The van der Waals surface area contributed by atoms with Crippen molar-refractivity contribution < 1.29 is 9.90 Å². The van der Waals surface area contributed by atoms with Crippen molar-refractivity contribution in [2.75, 3.05) is 13.1 Å². The van der Waals surface area contributed by atoms with Crippen LogP contribution in [0, 0.1) is 5.92 Å². The van der Waals surface area contributed by atoms with Crippen LogP contribution in [0.25, 0.3) is 0 Å². The Morgan fingerprint density at radius 3 is 2.32 bits per heavy atom. The number of aliphatic carboxylic acids is 1. The number of carboxylic acids is 1. The predicted octanol–water partition coefficient (Wildman–Crippen LogP) is 3.42. The normalized spacial score (nSPS) is 12.9. The van der Waals surface area contributed by atoms with Crippen LogP contribution in [-0.2, 0) is 11.2 Å². The molecule has 1 aromatic rings. The van der Waals surface area contributed by atoms with E-state index in [1.807, 2.05) is 17.0 Å². The minimum Gasteiger partial charge on any atom is -0.480 e. The highest BCUT2D eigenvalue weighted by molar-refractivity contribution is 9.10. The van der Waals surface area contributed by atoms with E-state index in [9.17, 15) is 4.79 Å². The predicted molar refractivity (Wildman–Crippen MR) is 81.4 cm³/mol. The molecule has 0 saturated heterocycles. The average molecular weight is 328 g/mol. The molecule has 1 unspecified atom stereocenters. The lowest BCUT2D eigenvalue weighted by Gasteiger charge is -2.29. The van der Waals surface area contributed by atoms with Crippen LogP contribution in [0.2, 0.25) is 0 Å². The lowest BCUT2D eigenvalue weighted by molar-refractivity contribution is -0.139. The number of carbonyl (C=O) groups is 1. The van der Waals surface area contributed by atoms with Gasteiger partial charge in [0.15, 0.2) is 0 Å². The molecule has 0 aliphatic carbocycles. The van der Waals surface area contributed by atoms with Gasteiger partial charge in [-0.05, 0) is 37.0 Å². The summed E-state index contributed by atoms with van der Waals surface area (Å²) < 4.78 is 1.06. The van der Waals surface area contributed by atoms with Gasteiger partial charge in [-0.15, -0.1) is 0 Å². The zero-order valence-corrected chi connectivity index (χ0v) is 13.4. The maximum absolute atomic E-state index is 10.9. The molecule has 1 rings (SSSR count). The molecular weight excluding hydrogens is 306 g/mol. The topological polar surface area (TPSA) is 40.5 Å². The van der Waals surface area contributed by atoms with E-state index in [1.54, 1.807) is 0 Å². The summed E-state index contributed by atoms with van der Waals surface area (Å²) in [6, 6.07) is 8.42. The fourth-order valence-electron chi connectivity index (χ4n) is 2.13. The summed E-state index contributed by atoms with van der Waals surface area (Å²) in [7, 11) is 0. The van der Waals surface area contributed by atoms with Gasteiger partial charge in [0.05, 0.1) is 6.54 Å². The lowest BCUT2D eigenvalue weighted by atomic mass is 10.0. The standard InChI is InChI=1S/C15H22BrNO2/c1-11(2)9-17(10-15(18)19)12(3)8-13-4-6-14(16)7-5-13/h4-7,11-12H,8-10H2,1-3H3,(H,18,19). The van der Waals surface area contributed by atoms with Crippen LogP contribution < -0.4 is 0 Å². The molecule has 0 aromatic heterocycles. The Kier molecular flexibility index (Phi) is 6.52. The first-order valence-corrected chi connectivity index (χ1v) is 7.38. The van der Waals surface area contributed by atoms with Gasteiger partial charge in [0.1, 0.15) is 0 Å². The van der Waals surface area contributed by atoms with Crippen molar-refractivity contribution in [2.45, 2.75) is 33.2 Å². The second-order valence-corrected chi connectivity index (χ2v) is 6.31. The van der Waals surface area contributed by atoms with Gasteiger partial charge in [0.2, 0.25) is 0 Å². The third kappa shape index (κ3) is 6.21. The maximum atomic E-state index is 10.9. The van der Waals surface area contributed by atoms with Gasteiger partial charge < -0.3 is 5.11 Å². The summed E-state index contributed by atoms with van der Waals surface area (Å²) >= 11 is 3.42. The number of rotatable bonds is 7. The van der Waals surface area contributed by atoms with Gasteiger partial charge in [-0.2, -0.15) is 0 Å². The highest BCUT2D eigenvalue weighted by Crippen LogP contribution is 2.14. The van der Waals surface area contributed by atoms with E-state index in [0.29, 0.717) is 5.92 Å². The number of hydrogen-bond acceptors (Lipinski definition) is 2. The second kappa shape index (κ2) is 7.65. The molecule has 0 bridgehead atoms. The average Bonchev–Trinajstić information content (AvgIpc) is 2.30. The van der Waals surface area contributed by atoms with E-state index in [1.165, 1.54) is 5.56 Å². The van der Waals surface area contributed by atoms with E-state index in [4.69, 9.17) is 5.11 Å². The van der Waals surface area contributed by atoms with Gasteiger partial charge in [-0.25, -0.2) is 0 Å². The molecule has 1 aromatic carbocycles. The van der Waals surface area contributed by atoms with Crippen LogP contribution in [0.15, 0.2) is 28.7 Å². The summed E-state index contributed by atoms with van der Waals surface area (Å²) in [5.41, 5.74) is 1.23. The van der Waals surface area contributed by atoms with Crippen molar-refractivity contribution in [3.05, 3.63) is 34.3 Å². The van der Waals surface area contributed by atoms with Crippen molar-refractivity contribution in [2.24, 2.45) is 5.92 Å². The molecule has 106 valence electrons. The quantitative estimate of drug-likeness (QED) is 0.834. The molecule has 0 aliphatic heterocycles. The van der Waals surface area contributed by atoms with E-state index < -0.39 is 5.97 Å². The zero-order chi connectivity index (χ0) is 14.4. The molecule has 0 aliphatic rings. The molecule has 0 radical (unpaired) electrons. The smallest absolute Gasteiger partial charge is 0.317 e. The minimum absolute atomic E-state index is 0.107. The number of halogens is 1. The Morgan fingerprint density at radius 1 is 1.26 bits per heavy atom. The first-order chi connectivity index (χ1) is 8.88. The first-order valence-electron chi connectivity index (χ1n) is 6.58. The highest BCUT2D eigenvalue weighted by atomic mass is 79.9. The van der Waals surface area contributed by atoms with E-state index in [-0.39, 0.29) is 12.6 Å². The van der Waals surface area contributed by atoms with Gasteiger partial charge in [0.25, 0.3) is 0 Å². The molecule has 1 N–H and O–H groups in total. The largest absolute Gasteiger partial charge is 0.480 e. The van der Waals surface area contributed by atoms with Crippen LogP contribution in [0.5, 0.6) is 0 Å². The third-order valence-corrected chi connectivity index (χ3v) is 3.53. The summed E-state index contributed by atoms with van der Waals surface area (Å²) in [5.74, 6) is -0.296. The summed E-state index contributed by atoms with van der Waals surface area (Å²) in [4.78, 5) is 13.0. The number of benzene rings is 1. The van der Waals surface area contributed by atoms with Crippen LogP contribution in [-0.4, -0.2) is 35.1 Å². The molecule has 0 fully saturated rings. The Hall–Kier alpha value is -0.870. The second-order valence-electron chi connectivity index (χ2n) is 5.40.